The van der Waals surface area contributed by atoms with Crippen molar-refractivity contribution in [2.45, 2.75) is 39.8 Å². The number of rotatable bonds is 7. The van der Waals surface area contributed by atoms with E-state index in [2.05, 4.69) is 27.8 Å². The highest BCUT2D eigenvalue weighted by atomic mass is 16.5. The van der Waals surface area contributed by atoms with Gasteiger partial charge in [0.2, 0.25) is 0 Å². The Morgan fingerprint density at radius 3 is 2.65 bits per heavy atom. The Morgan fingerprint density at radius 2 is 2.00 bits per heavy atom. The number of nitrogens with zero attached hydrogens (tertiary/aromatic N) is 4. The molecule has 0 saturated carbocycles. The van der Waals surface area contributed by atoms with E-state index >= 15 is 0 Å². The maximum absolute atomic E-state index is 5.62. The van der Waals surface area contributed by atoms with Crippen LogP contribution in [0.1, 0.15) is 33.0 Å². The molecule has 6 heteroatoms. The predicted molar refractivity (Wildman–Crippen MR) is 76.9 cm³/mol. The van der Waals surface area contributed by atoms with Gasteiger partial charge in [-0.2, -0.15) is 4.68 Å². The minimum Gasteiger partial charge on any atom is -0.491 e. The molecule has 1 heterocycles. The highest BCUT2D eigenvalue weighted by Gasteiger charge is 2.08. The van der Waals surface area contributed by atoms with Crippen molar-refractivity contribution < 1.29 is 4.74 Å². The number of hydrogen-bond donors (Lipinski definition) is 1. The quantitative estimate of drug-likeness (QED) is 0.782. The van der Waals surface area contributed by atoms with E-state index < -0.39 is 0 Å². The first-order valence-corrected chi connectivity index (χ1v) is 6.95. The zero-order chi connectivity index (χ0) is 14.4. The summed E-state index contributed by atoms with van der Waals surface area (Å²) in [5, 5.41) is 15.1. The molecule has 0 aliphatic carbocycles. The van der Waals surface area contributed by atoms with E-state index in [-0.39, 0.29) is 6.10 Å². The molecule has 0 unspecified atom stereocenters. The fourth-order valence-electron chi connectivity index (χ4n) is 1.83. The zero-order valence-corrected chi connectivity index (χ0v) is 12.2. The van der Waals surface area contributed by atoms with E-state index in [0.717, 1.165) is 30.2 Å². The van der Waals surface area contributed by atoms with Gasteiger partial charge in [-0.1, -0.05) is 6.92 Å². The standard InChI is InChI=1S/C14H21N5O/c1-4-9-15-10-14-16-17-18-19(14)12-5-7-13(8-6-12)20-11(2)3/h5-8,11,15H,4,9-10H2,1-3H3. The second kappa shape index (κ2) is 7.00. The summed E-state index contributed by atoms with van der Waals surface area (Å²) < 4.78 is 7.36. The van der Waals surface area contributed by atoms with Crippen molar-refractivity contribution in [3.05, 3.63) is 30.1 Å². The van der Waals surface area contributed by atoms with Gasteiger partial charge in [0.15, 0.2) is 5.82 Å². The van der Waals surface area contributed by atoms with Gasteiger partial charge in [-0.05, 0) is 61.5 Å². The van der Waals surface area contributed by atoms with Crippen molar-refractivity contribution in [3.63, 3.8) is 0 Å². The monoisotopic (exact) mass is 275 g/mol. The average Bonchev–Trinajstić information content (AvgIpc) is 2.88. The van der Waals surface area contributed by atoms with E-state index in [1.54, 1.807) is 4.68 Å². The summed E-state index contributed by atoms with van der Waals surface area (Å²) in [6, 6.07) is 7.77. The molecule has 6 nitrogen and oxygen atoms in total. The Bertz CT molecular complexity index is 521. The van der Waals surface area contributed by atoms with Crippen LogP contribution in [-0.4, -0.2) is 32.9 Å². The SMILES string of the molecule is CCCNCc1nnnn1-c1ccc(OC(C)C)cc1. The number of ether oxygens (including phenoxy) is 1. The van der Waals surface area contributed by atoms with Crippen molar-refractivity contribution in [2.24, 2.45) is 0 Å². The third-order valence-electron chi connectivity index (χ3n) is 2.70. The van der Waals surface area contributed by atoms with Crippen LogP contribution in [0.2, 0.25) is 0 Å². The first kappa shape index (κ1) is 14.5. The van der Waals surface area contributed by atoms with E-state index in [9.17, 15) is 0 Å². The van der Waals surface area contributed by atoms with Gasteiger partial charge in [-0.3, -0.25) is 0 Å². The van der Waals surface area contributed by atoms with Crippen molar-refractivity contribution in [1.82, 2.24) is 25.5 Å². The zero-order valence-electron chi connectivity index (χ0n) is 12.2. The Kier molecular flexibility index (Phi) is 5.06. The number of benzene rings is 1. The molecule has 0 radical (unpaired) electrons. The van der Waals surface area contributed by atoms with Gasteiger partial charge in [-0.15, -0.1) is 5.10 Å². The molecule has 0 atom stereocenters. The second-order valence-electron chi connectivity index (χ2n) is 4.84. The molecule has 0 amide bonds. The summed E-state index contributed by atoms with van der Waals surface area (Å²) in [6.45, 7) is 7.75. The summed E-state index contributed by atoms with van der Waals surface area (Å²) in [5.74, 6) is 1.65. The summed E-state index contributed by atoms with van der Waals surface area (Å²) in [6.07, 6.45) is 1.26. The minimum absolute atomic E-state index is 0.169. The van der Waals surface area contributed by atoms with Crippen LogP contribution in [0, 0.1) is 0 Å². The van der Waals surface area contributed by atoms with Crippen LogP contribution in [0.15, 0.2) is 24.3 Å². The normalized spacial score (nSPS) is 11.0. The van der Waals surface area contributed by atoms with Crippen LogP contribution in [0.3, 0.4) is 0 Å². The third-order valence-corrected chi connectivity index (χ3v) is 2.70. The van der Waals surface area contributed by atoms with Gasteiger partial charge in [0.05, 0.1) is 18.3 Å². The number of nitrogens with one attached hydrogen (secondary N) is 1. The first-order valence-electron chi connectivity index (χ1n) is 6.95. The fourth-order valence-corrected chi connectivity index (χ4v) is 1.83. The second-order valence-corrected chi connectivity index (χ2v) is 4.84. The largest absolute Gasteiger partial charge is 0.491 e. The highest BCUT2D eigenvalue weighted by Crippen LogP contribution is 2.16. The molecule has 20 heavy (non-hydrogen) atoms. The maximum Gasteiger partial charge on any atom is 0.170 e. The van der Waals surface area contributed by atoms with Crippen molar-refractivity contribution in [3.8, 4) is 11.4 Å². The average molecular weight is 275 g/mol. The van der Waals surface area contributed by atoms with Crippen LogP contribution in [0.25, 0.3) is 5.69 Å². The maximum atomic E-state index is 5.62. The summed E-state index contributed by atoms with van der Waals surface area (Å²) in [4.78, 5) is 0. The molecule has 1 aromatic heterocycles. The molecule has 0 aliphatic heterocycles. The molecule has 2 aromatic rings. The third kappa shape index (κ3) is 3.77. The highest BCUT2D eigenvalue weighted by molar-refractivity contribution is 5.37. The lowest BCUT2D eigenvalue weighted by Crippen LogP contribution is -2.17. The molecule has 0 aliphatic rings. The van der Waals surface area contributed by atoms with E-state index in [0.29, 0.717) is 6.54 Å². The lowest BCUT2D eigenvalue weighted by molar-refractivity contribution is 0.242. The Balaban J connectivity index is 2.09. The molecule has 2 rings (SSSR count). The van der Waals surface area contributed by atoms with Gasteiger partial charge in [0, 0.05) is 0 Å². The smallest absolute Gasteiger partial charge is 0.170 e. The van der Waals surface area contributed by atoms with E-state index in [1.165, 1.54) is 0 Å². The Hall–Kier alpha value is -1.95. The van der Waals surface area contributed by atoms with Crippen LogP contribution in [0.5, 0.6) is 5.75 Å². The number of tetrazole rings is 1. The molecule has 1 N–H and O–H groups in total. The summed E-state index contributed by atoms with van der Waals surface area (Å²) >= 11 is 0. The van der Waals surface area contributed by atoms with Gasteiger partial charge in [0.1, 0.15) is 5.75 Å². The number of aromatic nitrogens is 4. The Morgan fingerprint density at radius 1 is 1.25 bits per heavy atom. The lowest BCUT2D eigenvalue weighted by Gasteiger charge is -2.10. The molecule has 108 valence electrons. The van der Waals surface area contributed by atoms with E-state index in [4.69, 9.17) is 4.74 Å². The van der Waals surface area contributed by atoms with Gasteiger partial charge >= 0.3 is 0 Å². The Labute approximate surface area is 119 Å². The molecule has 0 bridgehead atoms. The van der Waals surface area contributed by atoms with Crippen molar-refractivity contribution in [1.29, 1.82) is 0 Å². The molecular weight excluding hydrogens is 254 g/mol. The van der Waals surface area contributed by atoms with Crippen LogP contribution in [0.4, 0.5) is 0 Å². The van der Waals surface area contributed by atoms with Gasteiger partial charge in [0.25, 0.3) is 0 Å². The minimum atomic E-state index is 0.169. The molecule has 0 saturated heterocycles. The number of hydrogen-bond acceptors (Lipinski definition) is 5. The van der Waals surface area contributed by atoms with Crippen LogP contribution >= 0.6 is 0 Å². The van der Waals surface area contributed by atoms with Gasteiger partial charge in [-0.25, -0.2) is 0 Å². The lowest BCUT2D eigenvalue weighted by atomic mass is 10.3. The van der Waals surface area contributed by atoms with Crippen LogP contribution in [-0.2, 0) is 6.54 Å². The van der Waals surface area contributed by atoms with E-state index in [1.807, 2.05) is 38.1 Å². The van der Waals surface area contributed by atoms with Crippen molar-refractivity contribution in [2.75, 3.05) is 6.54 Å². The summed E-state index contributed by atoms with van der Waals surface area (Å²) in [5.41, 5.74) is 0.930. The van der Waals surface area contributed by atoms with Crippen LogP contribution < -0.4 is 10.1 Å². The molecule has 1 aromatic carbocycles. The summed E-state index contributed by atoms with van der Waals surface area (Å²) in [7, 11) is 0. The van der Waals surface area contributed by atoms with Gasteiger partial charge < -0.3 is 10.1 Å². The molecule has 0 spiro atoms. The topological polar surface area (TPSA) is 64.9 Å². The fraction of sp³-hybridized carbons (Fsp3) is 0.500. The molecule has 0 fully saturated rings. The predicted octanol–water partition coefficient (Wildman–Crippen LogP) is 1.95. The molecular formula is C14H21N5O. The first-order chi connectivity index (χ1) is 9.70. The van der Waals surface area contributed by atoms with Crippen molar-refractivity contribution >= 4 is 0 Å².